The molecule has 0 radical (unpaired) electrons. The van der Waals surface area contributed by atoms with Crippen molar-refractivity contribution in [1.82, 2.24) is 15.1 Å². The van der Waals surface area contributed by atoms with Gasteiger partial charge in [-0.3, -0.25) is 4.79 Å². The first-order valence-corrected chi connectivity index (χ1v) is 8.18. The smallest absolute Gasteiger partial charge is 0.256 e. The molecule has 2 aliphatic rings. The van der Waals surface area contributed by atoms with Gasteiger partial charge in [-0.2, -0.15) is 9.78 Å². The molecule has 120 valence electrons. The molecule has 1 aromatic heterocycles. The molecule has 0 amide bonds. The van der Waals surface area contributed by atoms with Gasteiger partial charge in [0.1, 0.15) is 5.82 Å². The van der Waals surface area contributed by atoms with Gasteiger partial charge in [-0.25, -0.2) is 0 Å². The molecule has 4 N–H and O–H groups in total. The van der Waals surface area contributed by atoms with Crippen LogP contribution in [-0.2, 0) is 13.0 Å². The van der Waals surface area contributed by atoms with Gasteiger partial charge in [0.25, 0.3) is 5.91 Å². The molecule has 0 fully saturated rings. The summed E-state index contributed by atoms with van der Waals surface area (Å²) in [6, 6.07) is 5.64. The van der Waals surface area contributed by atoms with Gasteiger partial charge in [-0.1, -0.05) is 23.7 Å². The molecule has 1 atom stereocenters. The van der Waals surface area contributed by atoms with Crippen LogP contribution in [0.4, 0.5) is 11.5 Å². The van der Waals surface area contributed by atoms with Crippen LogP contribution in [0.15, 0.2) is 18.2 Å². The number of carbonyl (C=O) groups excluding carboxylic acids is 1. The molecular weight excluding hydrogens is 314 g/mol. The summed E-state index contributed by atoms with van der Waals surface area (Å²) in [6.07, 6.45) is 1.51. The second-order valence-electron chi connectivity index (χ2n) is 5.96. The van der Waals surface area contributed by atoms with E-state index in [1.165, 1.54) is 4.68 Å². The van der Waals surface area contributed by atoms with Crippen molar-refractivity contribution < 1.29 is 4.79 Å². The van der Waals surface area contributed by atoms with Gasteiger partial charge in [0.05, 0.1) is 22.3 Å². The Morgan fingerprint density at radius 1 is 1.39 bits per heavy atom. The highest BCUT2D eigenvalue weighted by Gasteiger charge is 2.31. The van der Waals surface area contributed by atoms with Crippen LogP contribution < -0.4 is 16.4 Å². The lowest BCUT2D eigenvalue weighted by atomic mass is 9.90. The average Bonchev–Trinajstić information content (AvgIpc) is 2.92. The first kappa shape index (κ1) is 14.5. The van der Waals surface area contributed by atoms with E-state index in [9.17, 15) is 4.79 Å². The van der Waals surface area contributed by atoms with Gasteiger partial charge in [0.2, 0.25) is 0 Å². The zero-order valence-corrected chi connectivity index (χ0v) is 13.4. The molecule has 0 bridgehead atoms. The monoisotopic (exact) mass is 331 g/mol. The van der Waals surface area contributed by atoms with Gasteiger partial charge in [0.15, 0.2) is 0 Å². The lowest BCUT2D eigenvalue weighted by Gasteiger charge is -2.26. The van der Waals surface area contributed by atoms with Crippen LogP contribution in [0.1, 0.15) is 34.0 Å². The van der Waals surface area contributed by atoms with Gasteiger partial charge in [-0.05, 0) is 31.0 Å². The van der Waals surface area contributed by atoms with Crippen molar-refractivity contribution in [2.24, 2.45) is 0 Å². The van der Waals surface area contributed by atoms with Crippen molar-refractivity contribution in [1.29, 1.82) is 0 Å². The van der Waals surface area contributed by atoms with Crippen LogP contribution in [0.3, 0.4) is 0 Å². The maximum Gasteiger partial charge on any atom is 0.256 e. The summed E-state index contributed by atoms with van der Waals surface area (Å²) >= 11 is 6.24. The summed E-state index contributed by atoms with van der Waals surface area (Å²) in [5.41, 5.74) is 9.83. The zero-order chi connectivity index (χ0) is 16.0. The Bertz CT molecular complexity index is 785. The lowest BCUT2D eigenvalue weighted by Crippen LogP contribution is -2.28. The average molecular weight is 332 g/mol. The molecule has 0 spiro atoms. The number of benzene rings is 1. The Kier molecular flexibility index (Phi) is 3.50. The van der Waals surface area contributed by atoms with Crippen LogP contribution in [0.5, 0.6) is 0 Å². The minimum absolute atomic E-state index is 0.0816. The number of halogens is 1. The SMILES string of the molecule is Nc1c2c(nn1C(=O)C1CCNc3c(Cl)cccc31)CNCC2. The molecule has 7 heteroatoms. The van der Waals surface area contributed by atoms with E-state index >= 15 is 0 Å². The molecule has 23 heavy (non-hydrogen) atoms. The number of hydrogen-bond donors (Lipinski definition) is 3. The highest BCUT2D eigenvalue weighted by molar-refractivity contribution is 6.33. The quantitative estimate of drug-likeness (QED) is 0.744. The highest BCUT2D eigenvalue weighted by atomic mass is 35.5. The number of aromatic nitrogens is 2. The minimum Gasteiger partial charge on any atom is -0.384 e. The normalized spacial score (nSPS) is 19.6. The minimum atomic E-state index is -0.276. The first-order chi connectivity index (χ1) is 11.2. The Hall–Kier alpha value is -2.05. The van der Waals surface area contributed by atoms with Crippen LogP contribution >= 0.6 is 11.6 Å². The summed E-state index contributed by atoms with van der Waals surface area (Å²) in [4.78, 5) is 13.0. The van der Waals surface area contributed by atoms with Crippen LogP contribution in [0.25, 0.3) is 0 Å². The number of nitrogens with zero attached hydrogens (tertiary/aromatic N) is 2. The predicted octanol–water partition coefficient (Wildman–Crippen LogP) is 2.00. The number of nitrogen functional groups attached to an aromatic ring is 1. The van der Waals surface area contributed by atoms with E-state index in [2.05, 4.69) is 15.7 Å². The number of hydrogen-bond acceptors (Lipinski definition) is 5. The largest absolute Gasteiger partial charge is 0.384 e. The van der Waals surface area contributed by atoms with E-state index in [4.69, 9.17) is 17.3 Å². The highest BCUT2D eigenvalue weighted by Crippen LogP contribution is 2.37. The first-order valence-electron chi connectivity index (χ1n) is 7.80. The summed E-state index contributed by atoms with van der Waals surface area (Å²) < 4.78 is 1.39. The molecule has 1 unspecified atom stereocenters. The predicted molar refractivity (Wildman–Crippen MR) is 90.0 cm³/mol. The fourth-order valence-corrected chi connectivity index (χ4v) is 3.68. The Balaban J connectivity index is 1.74. The second kappa shape index (κ2) is 5.54. The maximum absolute atomic E-state index is 13.0. The number of nitrogens with one attached hydrogen (secondary N) is 2. The molecule has 0 saturated heterocycles. The molecule has 0 saturated carbocycles. The summed E-state index contributed by atoms with van der Waals surface area (Å²) in [6.45, 7) is 2.23. The maximum atomic E-state index is 13.0. The zero-order valence-electron chi connectivity index (χ0n) is 12.6. The van der Waals surface area contributed by atoms with Crippen molar-refractivity contribution in [3.05, 3.63) is 40.0 Å². The standard InChI is InChI=1S/C16H18ClN5O/c17-12-3-1-2-9-10(5-7-20-14(9)12)16(23)22-15(18)11-4-6-19-8-13(11)21-22/h1-3,10,19-20H,4-8,18H2. The summed E-state index contributed by atoms with van der Waals surface area (Å²) in [5.74, 6) is 0.122. The number of rotatable bonds is 1. The molecule has 0 aliphatic carbocycles. The topological polar surface area (TPSA) is 85.0 Å². The molecule has 6 nitrogen and oxygen atoms in total. The van der Waals surface area contributed by atoms with Crippen LogP contribution in [-0.4, -0.2) is 28.8 Å². The van der Waals surface area contributed by atoms with E-state index in [1.807, 2.05) is 18.2 Å². The third kappa shape index (κ3) is 2.29. The Morgan fingerprint density at radius 3 is 3.09 bits per heavy atom. The van der Waals surface area contributed by atoms with Gasteiger partial charge >= 0.3 is 0 Å². The van der Waals surface area contributed by atoms with Crippen molar-refractivity contribution in [2.45, 2.75) is 25.3 Å². The van der Waals surface area contributed by atoms with Crippen LogP contribution in [0, 0.1) is 0 Å². The van der Waals surface area contributed by atoms with E-state index < -0.39 is 0 Å². The molecule has 4 rings (SSSR count). The number of carbonyl (C=O) groups is 1. The fraction of sp³-hybridized carbons (Fsp3) is 0.375. The lowest BCUT2D eigenvalue weighted by molar-refractivity contribution is 0.0859. The Morgan fingerprint density at radius 2 is 2.26 bits per heavy atom. The third-order valence-corrected chi connectivity index (χ3v) is 4.93. The Labute approximate surface area is 139 Å². The van der Waals surface area contributed by atoms with Crippen LogP contribution in [0.2, 0.25) is 5.02 Å². The van der Waals surface area contributed by atoms with Crippen molar-refractivity contribution in [3.63, 3.8) is 0 Å². The molecular formula is C16H18ClN5O. The summed E-state index contributed by atoms with van der Waals surface area (Å²) in [7, 11) is 0. The van der Waals surface area contributed by atoms with E-state index in [-0.39, 0.29) is 11.8 Å². The molecule has 3 heterocycles. The molecule has 1 aromatic carbocycles. The second-order valence-corrected chi connectivity index (χ2v) is 6.37. The number of para-hydroxylation sites is 1. The molecule has 2 aromatic rings. The third-order valence-electron chi connectivity index (χ3n) is 4.61. The number of nitrogens with two attached hydrogens (primary N) is 1. The van der Waals surface area contributed by atoms with Crippen molar-refractivity contribution in [2.75, 3.05) is 24.1 Å². The van der Waals surface area contributed by atoms with Crippen molar-refractivity contribution in [3.8, 4) is 0 Å². The van der Waals surface area contributed by atoms with Crippen molar-refractivity contribution >= 4 is 29.0 Å². The van der Waals surface area contributed by atoms with Gasteiger partial charge < -0.3 is 16.4 Å². The summed E-state index contributed by atoms with van der Waals surface area (Å²) in [5, 5.41) is 11.6. The van der Waals surface area contributed by atoms with Gasteiger partial charge in [0, 0.05) is 18.7 Å². The van der Waals surface area contributed by atoms with E-state index in [0.29, 0.717) is 30.4 Å². The fourth-order valence-electron chi connectivity index (χ4n) is 3.43. The van der Waals surface area contributed by atoms with E-state index in [0.717, 1.165) is 35.5 Å². The number of fused-ring (bicyclic) bond motifs is 2. The van der Waals surface area contributed by atoms with E-state index in [1.54, 1.807) is 0 Å². The number of anilines is 2. The van der Waals surface area contributed by atoms with Gasteiger partial charge in [-0.15, -0.1) is 0 Å². The molecule has 2 aliphatic heterocycles.